The summed E-state index contributed by atoms with van der Waals surface area (Å²) in [6.07, 6.45) is 1.56. The first-order chi connectivity index (χ1) is 15.5. The van der Waals surface area contributed by atoms with Gasteiger partial charge in [0.15, 0.2) is 0 Å². The molecule has 9 heteroatoms. The van der Waals surface area contributed by atoms with E-state index < -0.39 is 11.8 Å². The number of hydrazone groups is 1. The minimum Gasteiger partial charge on any atom is -0.423 e. The summed E-state index contributed by atoms with van der Waals surface area (Å²) in [6, 6.07) is 17.7. The SMILES string of the molecule is O=C(Oc1cccc(/C=N\Nc2nc(-c3ccc(Cl)c(Cl)c3)cs2)c1)c1ccccc1F. The molecule has 0 aliphatic carbocycles. The zero-order valence-electron chi connectivity index (χ0n) is 16.3. The summed E-state index contributed by atoms with van der Waals surface area (Å²) in [5.74, 6) is -1.13. The lowest BCUT2D eigenvalue weighted by Crippen LogP contribution is -2.10. The normalized spacial score (nSPS) is 11.0. The van der Waals surface area contributed by atoms with Crippen LogP contribution in [0.25, 0.3) is 11.3 Å². The van der Waals surface area contributed by atoms with Gasteiger partial charge in [-0.2, -0.15) is 5.10 Å². The zero-order valence-corrected chi connectivity index (χ0v) is 18.6. The van der Waals surface area contributed by atoms with Gasteiger partial charge in [0.25, 0.3) is 0 Å². The summed E-state index contributed by atoms with van der Waals surface area (Å²) >= 11 is 13.4. The van der Waals surface area contributed by atoms with Crippen LogP contribution < -0.4 is 10.2 Å². The fourth-order valence-corrected chi connectivity index (χ4v) is 3.69. The lowest BCUT2D eigenvalue weighted by molar-refractivity contribution is 0.0730. The van der Waals surface area contributed by atoms with E-state index in [0.29, 0.717) is 20.7 Å². The Labute approximate surface area is 197 Å². The molecule has 0 saturated heterocycles. The smallest absolute Gasteiger partial charge is 0.346 e. The van der Waals surface area contributed by atoms with Crippen molar-refractivity contribution in [1.29, 1.82) is 0 Å². The van der Waals surface area contributed by atoms with E-state index in [2.05, 4.69) is 15.5 Å². The van der Waals surface area contributed by atoms with Crippen LogP contribution in [0.3, 0.4) is 0 Å². The molecule has 0 spiro atoms. The van der Waals surface area contributed by atoms with Crippen LogP contribution in [0.2, 0.25) is 10.0 Å². The molecule has 1 heterocycles. The number of carbonyl (C=O) groups excluding carboxylic acids is 1. The molecule has 5 nitrogen and oxygen atoms in total. The molecule has 4 aromatic rings. The van der Waals surface area contributed by atoms with Crippen molar-refractivity contribution in [3.05, 3.63) is 99.1 Å². The van der Waals surface area contributed by atoms with E-state index in [4.69, 9.17) is 27.9 Å². The number of carbonyl (C=O) groups is 1. The third-order valence-corrected chi connectivity index (χ3v) is 5.74. The van der Waals surface area contributed by atoms with Gasteiger partial charge < -0.3 is 4.74 Å². The molecule has 0 fully saturated rings. The maximum atomic E-state index is 13.7. The van der Waals surface area contributed by atoms with Crippen molar-refractivity contribution >= 4 is 51.9 Å². The highest BCUT2D eigenvalue weighted by Gasteiger charge is 2.13. The fourth-order valence-electron chi connectivity index (χ4n) is 2.72. The van der Waals surface area contributed by atoms with E-state index in [1.807, 2.05) is 11.4 Å². The van der Waals surface area contributed by atoms with Gasteiger partial charge in [-0.25, -0.2) is 14.2 Å². The number of benzene rings is 3. The molecule has 3 aromatic carbocycles. The molecule has 0 aliphatic heterocycles. The molecule has 32 heavy (non-hydrogen) atoms. The highest BCUT2D eigenvalue weighted by molar-refractivity contribution is 7.14. The van der Waals surface area contributed by atoms with Crippen LogP contribution in [-0.4, -0.2) is 17.2 Å². The number of esters is 1. The number of thiazole rings is 1. The van der Waals surface area contributed by atoms with Gasteiger partial charge in [-0.15, -0.1) is 11.3 Å². The molecule has 0 unspecified atom stereocenters. The second-order valence-corrected chi connectivity index (χ2v) is 8.15. The fraction of sp³-hybridized carbons (Fsp3) is 0. The van der Waals surface area contributed by atoms with Gasteiger partial charge in [0, 0.05) is 10.9 Å². The molecular formula is C23H14Cl2FN3O2S. The van der Waals surface area contributed by atoms with Crippen molar-refractivity contribution in [2.75, 3.05) is 5.43 Å². The van der Waals surface area contributed by atoms with Gasteiger partial charge in [0.05, 0.1) is 27.5 Å². The van der Waals surface area contributed by atoms with Crippen molar-refractivity contribution < 1.29 is 13.9 Å². The van der Waals surface area contributed by atoms with Gasteiger partial charge in [-0.05, 0) is 42.0 Å². The van der Waals surface area contributed by atoms with Crippen molar-refractivity contribution in [3.63, 3.8) is 0 Å². The Morgan fingerprint density at radius 3 is 2.72 bits per heavy atom. The topological polar surface area (TPSA) is 63.6 Å². The molecule has 0 aliphatic rings. The number of nitrogens with zero attached hydrogens (tertiary/aromatic N) is 2. The Balaban J connectivity index is 1.40. The minimum atomic E-state index is -0.770. The molecule has 0 saturated carbocycles. The van der Waals surface area contributed by atoms with Gasteiger partial charge in [0.2, 0.25) is 5.13 Å². The van der Waals surface area contributed by atoms with Gasteiger partial charge in [0.1, 0.15) is 11.6 Å². The van der Waals surface area contributed by atoms with Crippen LogP contribution in [0.5, 0.6) is 5.75 Å². The highest BCUT2D eigenvalue weighted by atomic mass is 35.5. The maximum absolute atomic E-state index is 13.7. The number of nitrogens with one attached hydrogen (secondary N) is 1. The summed E-state index contributed by atoms with van der Waals surface area (Å²) in [6.45, 7) is 0. The predicted molar refractivity (Wildman–Crippen MR) is 127 cm³/mol. The van der Waals surface area contributed by atoms with Gasteiger partial charge in [-0.3, -0.25) is 5.43 Å². The number of hydrogen-bond acceptors (Lipinski definition) is 6. The third-order valence-electron chi connectivity index (χ3n) is 4.26. The van der Waals surface area contributed by atoms with E-state index >= 15 is 0 Å². The quantitative estimate of drug-likeness (QED) is 0.139. The van der Waals surface area contributed by atoms with Crippen molar-refractivity contribution in [2.24, 2.45) is 5.10 Å². The number of aromatic nitrogens is 1. The van der Waals surface area contributed by atoms with E-state index in [1.54, 1.807) is 48.7 Å². The van der Waals surface area contributed by atoms with Crippen molar-refractivity contribution in [1.82, 2.24) is 4.98 Å². The summed E-state index contributed by atoms with van der Waals surface area (Å²) in [7, 11) is 0. The second-order valence-electron chi connectivity index (χ2n) is 6.48. The lowest BCUT2D eigenvalue weighted by Gasteiger charge is -2.05. The third kappa shape index (κ3) is 5.31. The van der Waals surface area contributed by atoms with E-state index in [9.17, 15) is 9.18 Å². The number of halogens is 3. The van der Waals surface area contributed by atoms with E-state index in [-0.39, 0.29) is 11.3 Å². The van der Waals surface area contributed by atoms with E-state index in [1.165, 1.54) is 29.5 Å². The van der Waals surface area contributed by atoms with Crippen molar-refractivity contribution in [2.45, 2.75) is 0 Å². The van der Waals surface area contributed by atoms with Crippen LogP contribution in [0.15, 0.2) is 77.2 Å². The molecule has 0 atom stereocenters. The summed E-state index contributed by atoms with van der Waals surface area (Å²) in [5.41, 5.74) is 5.00. The first-order valence-corrected chi connectivity index (χ1v) is 10.9. The monoisotopic (exact) mass is 485 g/mol. The Bertz CT molecular complexity index is 1310. The largest absolute Gasteiger partial charge is 0.423 e. The Kier molecular flexibility index (Phi) is 6.80. The van der Waals surface area contributed by atoms with Gasteiger partial charge in [-0.1, -0.05) is 53.5 Å². The first-order valence-electron chi connectivity index (χ1n) is 9.26. The average molecular weight is 486 g/mol. The Morgan fingerprint density at radius 1 is 1.06 bits per heavy atom. The summed E-state index contributed by atoms with van der Waals surface area (Å²) in [4.78, 5) is 16.6. The highest BCUT2D eigenvalue weighted by Crippen LogP contribution is 2.30. The first kappa shape index (κ1) is 22.0. The maximum Gasteiger partial charge on any atom is 0.346 e. The van der Waals surface area contributed by atoms with Crippen molar-refractivity contribution in [3.8, 4) is 17.0 Å². The number of ether oxygens (including phenoxy) is 1. The molecule has 1 N–H and O–H groups in total. The standard InChI is InChI=1S/C23H14Cl2FN3O2S/c24-18-9-8-15(11-19(18)25)21-13-32-23(28-21)29-27-12-14-4-3-5-16(10-14)31-22(30)17-6-1-2-7-20(17)26/h1-13H,(H,28,29)/b27-12-. The average Bonchev–Trinajstić information content (AvgIpc) is 3.25. The molecule has 0 amide bonds. The van der Waals surface area contributed by atoms with Crippen LogP contribution in [0.4, 0.5) is 9.52 Å². The van der Waals surface area contributed by atoms with Crippen LogP contribution in [0, 0.1) is 5.82 Å². The van der Waals surface area contributed by atoms with Crippen LogP contribution >= 0.6 is 34.5 Å². The zero-order chi connectivity index (χ0) is 22.5. The minimum absolute atomic E-state index is 0.130. The molecule has 1 aromatic heterocycles. The summed E-state index contributed by atoms with van der Waals surface area (Å²) in [5, 5.41) is 7.57. The number of anilines is 1. The molecule has 0 bridgehead atoms. The molecular weight excluding hydrogens is 472 g/mol. The van der Waals surface area contributed by atoms with E-state index in [0.717, 1.165) is 11.3 Å². The van der Waals surface area contributed by atoms with Gasteiger partial charge >= 0.3 is 5.97 Å². The number of hydrogen-bond donors (Lipinski definition) is 1. The van der Waals surface area contributed by atoms with Crippen LogP contribution in [0.1, 0.15) is 15.9 Å². The lowest BCUT2D eigenvalue weighted by atomic mass is 10.2. The van der Waals surface area contributed by atoms with Crippen LogP contribution in [-0.2, 0) is 0 Å². The Morgan fingerprint density at radius 2 is 1.91 bits per heavy atom. The molecule has 0 radical (unpaired) electrons. The summed E-state index contributed by atoms with van der Waals surface area (Å²) < 4.78 is 19.0. The Hall–Kier alpha value is -3.26. The predicted octanol–water partition coefficient (Wildman–Crippen LogP) is 6.92. The molecule has 160 valence electrons. The number of rotatable bonds is 6. The molecule has 4 rings (SSSR count). The second kappa shape index (κ2) is 9.91.